The third-order valence-electron chi connectivity index (χ3n) is 3.53. The van der Waals surface area contributed by atoms with E-state index < -0.39 is 22.1 Å². The Morgan fingerprint density at radius 1 is 1.16 bits per heavy atom. The summed E-state index contributed by atoms with van der Waals surface area (Å²) in [4.78, 5) is 11.3. The lowest BCUT2D eigenvalue weighted by molar-refractivity contribution is -0.385. The van der Waals surface area contributed by atoms with Crippen molar-refractivity contribution in [2.75, 3.05) is 6.79 Å². The molecule has 11 nitrogen and oxygen atoms in total. The van der Waals surface area contributed by atoms with E-state index in [-0.39, 0.29) is 18.2 Å². The van der Waals surface area contributed by atoms with Gasteiger partial charge in [-0.2, -0.15) is 0 Å². The minimum atomic E-state index is -0.822. The molecular weight excluding hydrogens is 334 g/mol. The van der Waals surface area contributed by atoms with Crippen molar-refractivity contribution in [3.8, 4) is 40.1 Å². The number of fused-ring (bicyclic) bond motifs is 1. The Balaban J connectivity index is 1.73. The maximum atomic E-state index is 10.9. The maximum Gasteiger partial charge on any atom is 0.315 e. The van der Waals surface area contributed by atoms with Crippen molar-refractivity contribution >= 4 is 5.69 Å². The van der Waals surface area contributed by atoms with Crippen molar-refractivity contribution in [3.63, 3.8) is 0 Å². The molecule has 0 aliphatic carbocycles. The number of hydrogen-bond acceptors (Lipinski definition) is 9. The zero-order valence-electron chi connectivity index (χ0n) is 12.4. The summed E-state index contributed by atoms with van der Waals surface area (Å²) in [5.74, 6) is -0.297. The van der Waals surface area contributed by atoms with Gasteiger partial charge in [-0.25, -0.2) is 0 Å². The Hall–Kier alpha value is -3.89. The van der Waals surface area contributed by atoms with E-state index in [1.165, 1.54) is 4.80 Å². The van der Waals surface area contributed by atoms with E-state index >= 15 is 0 Å². The van der Waals surface area contributed by atoms with Crippen LogP contribution in [0.4, 0.5) is 5.69 Å². The minimum absolute atomic E-state index is 0.0380. The second-order valence-electron chi connectivity index (χ2n) is 5.06. The number of nitro groups is 1. The molecule has 0 atom stereocenters. The molecule has 1 aliphatic rings. The number of rotatable bonds is 3. The molecule has 0 saturated carbocycles. The number of phenolic OH excluding ortho intramolecular Hbond substituents is 2. The molecule has 11 heteroatoms. The number of nitrogens with zero attached hydrogens (tertiary/aromatic N) is 5. The van der Waals surface area contributed by atoms with Crippen molar-refractivity contribution in [3.05, 3.63) is 40.4 Å². The molecule has 0 fully saturated rings. The first-order valence-corrected chi connectivity index (χ1v) is 6.94. The first-order chi connectivity index (χ1) is 12.0. The van der Waals surface area contributed by atoms with Gasteiger partial charge >= 0.3 is 5.69 Å². The highest BCUT2D eigenvalue weighted by Crippen LogP contribution is 2.38. The van der Waals surface area contributed by atoms with E-state index in [9.17, 15) is 20.3 Å². The number of phenols is 2. The van der Waals surface area contributed by atoms with Crippen LogP contribution in [0.15, 0.2) is 30.3 Å². The Bertz CT molecular complexity index is 1000. The lowest BCUT2D eigenvalue weighted by atomic mass is 10.1. The predicted molar refractivity (Wildman–Crippen MR) is 80.7 cm³/mol. The molecule has 3 aromatic rings. The van der Waals surface area contributed by atoms with E-state index in [1.807, 2.05) is 0 Å². The van der Waals surface area contributed by atoms with Crippen LogP contribution >= 0.6 is 0 Å². The quantitative estimate of drug-likeness (QED) is 0.409. The van der Waals surface area contributed by atoms with Crippen LogP contribution in [0.2, 0.25) is 0 Å². The third-order valence-corrected chi connectivity index (χ3v) is 3.53. The molecule has 126 valence electrons. The van der Waals surface area contributed by atoms with Gasteiger partial charge in [0.25, 0.3) is 0 Å². The molecule has 2 aromatic carbocycles. The van der Waals surface area contributed by atoms with Gasteiger partial charge in [0.1, 0.15) is 0 Å². The summed E-state index contributed by atoms with van der Waals surface area (Å²) in [6, 6.07) is 7.21. The monoisotopic (exact) mass is 343 g/mol. The minimum Gasteiger partial charge on any atom is -0.504 e. The second-order valence-corrected chi connectivity index (χ2v) is 5.06. The molecule has 1 aliphatic heterocycles. The number of nitro benzene ring substituents is 1. The third kappa shape index (κ3) is 2.43. The molecule has 0 radical (unpaired) electrons. The highest BCUT2D eigenvalue weighted by atomic mass is 16.7. The fraction of sp³-hybridized carbons (Fsp3) is 0.0714. The molecule has 0 amide bonds. The largest absolute Gasteiger partial charge is 0.504 e. The van der Waals surface area contributed by atoms with E-state index in [2.05, 4.69) is 15.4 Å². The fourth-order valence-corrected chi connectivity index (χ4v) is 2.32. The number of tetrazole rings is 1. The van der Waals surface area contributed by atoms with Crippen LogP contribution in [0, 0.1) is 10.1 Å². The van der Waals surface area contributed by atoms with Crippen LogP contribution in [0.25, 0.3) is 17.1 Å². The van der Waals surface area contributed by atoms with Crippen molar-refractivity contribution < 1.29 is 24.6 Å². The van der Waals surface area contributed by atoms with Gasteiger partial charge in [0.15, 0.2) is 17.2 Å². The van der Waals surface area contributed by atoms with Crippen molar-refractivity contribution in [2.24, 2.45) is 0 Å². The van der Waals surface area contributed by atoms with Crippen LogP contribution in [0.3, 0.4) is 0 Å². The van der Waals surface area contributed by atoms with Gasteiger partial charge in [-0.15, -0.1) is 15.0 Å². The lowest BCUT2D eigenvalue weighted by Crippen LogP contribution is -1.99. The van der Waals surface area contributed by atoms with E-state index in [4.69, 9.17) is 9.47 Å². The average molecular weight is 343 g/mol. The lowest BCUT2D eigenvalue weighted by Gasteiger charge is -2.02. The molecule has 4 rings (SSSR count). The molecule has 0 spiro atoms. The van der Waals surface area contributed by atoms with Gasteiger partial charge in [0.05, 0.1) is 10.6 Å². The SMILES string of the molecule is O=[N+]([O-])c1cc(-c2nnn(-c3ccc4c(c3)OCO4)n2)cc(O)c1O. The molecular formula is C14H9N5O6. The van der Waals surface area contributed by atoms with Gasteiger partial charge in [-0.1, -0.05) is 0 Å². The van der Waals surface area contributed by atoms with E-state index in [0.717, 1.165) is 12.1 Å². The van der Waals surface area contributed by atoms with Crippen molar-refractivity contribution in [1.29, 1.82) is 0 Å². The Labute approximate surface area is 138 Å². The Morgan fingerprint density at radius 2 is 1.96 bits per heavy atom. The van der Waals surface area contributed by atoms with Gasteiger partial charge in [-0.05, 0) is 23.4 Å². The smallest absolute Gasteiger partial charge is 0.315 e. The second kappa shape index (κ2) is 5.33. The van der Waals surface area contributed by atoms with Crippen LogP contribution in [-0.2, 0) is 0 Å². The first-order valence-electron chi connectivity index (χ1n) is 6.94. The number of ether oxygens (including phenoxy) is 2. The molecule has 2 N–H and O–H groups in total. The summed E-state index contributed by atoms with van der Waals surface area (Å²) in [6.45, 7) is 0.130. The van der Waals surface area contributed by atoms with Crippen LogP contribution in [0.1, 0.15) is 0 Å². The standard InChI is InChI=1S/C14H9N5O6/c20-10-4-7(3-9(13(10)21)19(22)23)14-15-17-18(16-14)8-1-2-11-12(5-8)25-6-24-11/h1-5,20-21H,6H2. The molecule has 0 saturated heterocycles. The summed E-state index contributed by atoms with van der Waals surface area (Å²) in [6.07, 6.45) is 0. The molecule has 25 heavy (non-hydrogen) atoms. The highest BCUT2D eigenvalue weighted by Gasteiger charge is 2.22. The van der Waals surface area contributed by atoms with Crippen molar-refractivity contribution in [1.82, 2.24) is 20.2 Å². The van der Waals surface area contributed by atoms with E-state index in [0.29, 0.717) is 17.2 Å². The van der Waals surface area contributed by atoms with Crippen LogP contribution in [0.5, 0.6) is 23.0 Å². The summed E-state index contributed by atoms with van der Waals surface area (Å²) in [7, 11) is 0. The number of aromatic nitrogens is 4. The Morgan fingerprint density at radius 3 is 2.76 bits per heavy atom. The fourth-order valence-electron chi connectivity index (χ4n) is 2.32. The van der Waals surface area contributed by atoms with Crippen LogP contribution in [-0.4, -0.2) is 42.1 Å². The Kier molecular flexibility index (Phi) is 3.13. The summed E-state index contributed by atoms with van der Waals surface area (Å²) >= 11 is 0. The van der Waals surface area contributed by atoms with Crippen LogP contribution < -0.4 is 9.47 Å². The summed E-state index contributed by atoms with van der Waals surface area (Å²) in [5, 5.41) is 42.0. The molecule has 2 heterocycles. The van der Waals surface area contributed by atoms with Gasteiger partial charge < -0.3 is 19.7 Å². The molecule has 0 unspecified atom stereocenters. The number of benzene rings is 2. The topological polar surface area (TPSA) is 146 Å². The molecule has 0 bridgehead atoms. The van der Waals surface area contributed by atoms with Gasteiger partial charge in [0.2, 0.25) is 18.4 Å². The zero-order chi connectivity index (χ0) is 17.6. The summed E-state index contributed by atoms with van der Waals surface area (Å²) < 4.78 is 10.5. The van der Waals surface area contributed by atoms with E-state index in [1.54, 1.807) is 18.2 Å². The normalized spacial score (nSPS) is 12.3. The highest BCUT2D eigenvalue weighted by molar-refractivity contribution is 5.68. The van der Waals surface area contributed by atoms with Crippen molar-refractivity contribution in [2.45, 2.75) is 0 Å². The summed E-state index contributed by atoms with van der Waals surface area (Å²) in [5.41, 5.74) is 0.0175. The van der Waals surface area contributed by atoms with Gasteiger partial charge in [0, 0.05) is 17.7 Å². The molecule has 1 aromatic heterocycles. The first kappa shape index (κ1) is 14.7. The number of hydrogen-bond donors (Lipinski definition) is 2. The number of aromatic hydroxyl groups is 2. The zero-order valence-corrected chi connectivity index (χ0v) is 12.4. The maximum absolute atomic E-state index is 10.9. The predicted octanol–water partition coefficient (Wildman–Crippen LogP) is 1.38. The average Bonchev–Trinajstić information content (AvgIpc) is 3.24. The van der Waals surface area contributed by atoms with Gasteiger partial charge in [-0.3, -0.25) is 10.1 Å².